The molecule has 31 heavy (non-hydrogen) atoms. The number of halogens is 2. The highest BCUT2D eigenvalue weighted by Gasteiger charge is 2.39. The third-order valence-electron chi connectivity index (χ3n) is 4.61. The van der Waals surface area contributed by atoms with Crippen LogP contribution in [0, 0.1) is 11.3 Å². The van der Waals surface area contributed by atoms with Crippen molar-refractivity contribution in [2.45, 2.75) is 17.4 Å². The zero-order valence-electron chi connectivity index (χ0n) is 16.5. The lowest BCUT2D eigenvalue weighted by Gasteiger charge is -2.27. The van der Waals surface area contributed by atoms with E-state index in [4.69, 9.17) is 32.7 Å². The predicted molar refractivity (Wildman–Crippen MR) is 115 cm³/mol. The maximum absolute atomic E-state index is 13.6. The molecule has 0 aromatic heterocycles. The number of carbonyl (C=O) groups is 1. The Kier molecular flexibility index (Phi) is 7.41. The van der Waals surface area contributed by atoms with Crippen LogP contribution in [-0.2, 0) is 19.6 Å². The SMILES string of the molecule is COC(=O)C1CNCCCN1S(=O)(=O)c1cc(C#N)ccc1Oc1cc(Cl)cc(Cl)c1. The van der Waals surface area contributed by atoms with Crippen LogP contribution in [0.25, 0.3) is 0 Å². The van der Waals surface area contributed by atoms with Crippen molar-refractivity contribution in [3.8, 4) is 17.6 Å². The second-order valence-electron chi connectivity index (χ2n) is 6.69. The third-order valence-corrected chi connectivity index (χ3v) is 6.98. The molecule has 0 spiro atoms. The van der Waals surface area contributed by atoms with Crippen LogP contribution in [0.5, 0.6) is 11.5 Å². The number of carbonyl (C=O) groups excluding carboxylic acids is 1. The van der Waals surface area contributed by atoms with Gasteiger partial charge in [0.1, 0.15) is 22.4 Å². The van der Waals surface area contributed by atoms with Gasteiger partial charge in [-0.25, -0.2) is 8.42 Å². The molecule has 3 rings (SSSR count). The molecule has 1 atom stereocenters. The molecule has 1 saturated heterocycles. The lowest BCUT2D eigenvalue weighted by molar-refractivity contribution is -0.144. The fourth-order valence-corrected chi connectivity index (χ4v) is 5.45. The maximum Gasteiger partial charge on any atom is 0.325 e. The smallest absolute Gasteiger partial charge is 0.325 e. The minimum Gasteiger partial charge on any atom is -0.468 e. The summed E-state index contributed by atoms with van der Waals surface area (Å²) in [5.74, 6) is -0.489. The van der Waals surface area contributed by atoms with Gasteiger partial charge in [-0.15, -0.1) is 0 Å². The molecule has 8 nitrogen and oxygen atoms in total. The summed E-state index contributed by atoms with van der Waals surface area (Å²) in [6.07, 6.45) is 0.491. The number of rotatable bonds is 5. The van der Waals surface area contributed by atoms with Crippen LogP contribution < -0.4 is 10.1 Å². The van der Waals surface area contributed by atoms with E-state index in [1.165, 1.54) is 43.5 Å². The van der Waals surface area contributed by atoms with Gasteiger partial charge >= 0.3 is 5.97 Å². The van der Waals surface area contributed by atoms with Gasteiger partial charge in [0.25, 0.3) is 0 Å². The first-order valence-electron chi connectivity index (χ1n) is 9.24. The van der Waals surface area contributed by atoms with Crippen LogP contribution in [0.1, 0.15) is 12.0 Å². The van der Waals surface area contributed by atoms with Crippen LogP contribution in [-0.4, -0.2) is 51.5 Å². The first-order valence-corrected chi connectivity index (χ1v) is 11.4. The van der Waals surface area contributed by atoms with Crippen LogP contribution in [0.2, 0.25) is 10.0 Å². The zero-order chi connectivity index (χ0) is 22.6. The molecule has 1 N–H and O–H groups in total. The molecule has 0 amide bonds. The zero-order valence-corrected chi connectivity index (χ0v) is 18.8. The van der Waals surface area contributed by atoms with Crippen molar-refractivity contribution >= 4 is 39.2 Å². The number of nitrogens with zero attached hydrogens (tertiary/aromatic N) is 2. The molecule has 1 heterocycles. The summed E-state index contributed by atoms with van der Waals surface area (Å²) >= 11 is 12.0. The van der Waals surface area contributed by atoms with Gasteiger partial charge in [0, 0.05) is 23.1 Å². The summed E-state index contributed by atoms with van der Waals surface area (Å²) in [6.45, 7) is 0.736. The fraction of sp³-hybridized carbons (Fsp3) is 0.300. The van der Waals surface area contributed by atoms with Gasteiger partial charge in [-0.2, -0.15) is 9.57 Å². The van der Waals surface area contributed by atoms with E-state index in [1.54, 1.807) is 0 Å². The maximum atomic E-state index is 13.6. The Balaban J connectivity index is 2.10. The number of hydrogen-bond donors (Lipinski definition) is 1. The van der Waals surface area contributed by atoms with Gasteiger partial charge in [-0.05, 0) is 49.4 Å². The molecule has 2 aromatic carbocycles. The summed E-state index contributed by atoms with van der Waals surface area (Å²) < 4.78 is 38.9. The van der Waals surface area contributed by atoms with Crippen molar-refractivity contribution in [1.82, 2.24) is 9.62 Å². The molecule has 11 heteroatoms. The minimum absolute atomic E-state index is 0.0295. The number of sulfonamides is 1. The third kappa shape index (κ3) is 5.29. The Morgan fingerprint density at radius 1 is 1.23 bits per heavy atom. The van der Waals surface area contributed by atoms with E-state index in [2.05, 4.69) is 5.32 Å². The molecule has 1 fully saturated rings. The number of benzene rings is 2. The van der Waals surface area contributed by atoms with Crippen LogP contribution in [0.3, 0.4) is 0 Å². The predicted octanol–water partition coefficient (Wildman–Crippen LogP) is 3.18. The first-order chi connectivity index (χ1) is 14.8. The minimum atomic E-state index is -4.24. The second-order valence-corrected chi connectivity index (χ2v) is 9.42. The van der Waals surface area contributed by atoms with Crippen molar-refractivity contribution in [2.75, 3.05) is 26.7 Å². The fourth-order valence-electron chi connectivity index (χ4n) is 3.19. The molecule has 0 aliphatic carbocycles. The monoisotopic (exact) mass is 483 g/mol. The largest absolute Gasteiger partial charge is 0.468 e. The number of esters is 1. The van der Waals surface area contributed by atoms with Gasteiger partial charge in [0.2, 0.25) is 10.0 Å². The Morgan fingerprint density at radius 2 is 1.94 bits per heavy atom. The van der Waals surface area contributed by atoms with Gasteiger partial charge in [-0.3, -0.25) is 4.79 Å². The van der Waals surface area contributed by atoms with Crippen molar-refractivity contribution in [1.29, 1.82) is 5.26 Å². The Labute approximate surface area is 190 Å². The lowest BCUT2D eigenvalue weighted by Crippen LogP contribution is -2.48. The van der Waals surface area contributed by atoms with E-state index in [9.17, 15) is 18.5 Å². The molecule has 1 aliphatic heterocycles. The number of nitrogens with one attached hydrogen (secondary N) is 1. The highest BCUT2D eigenvalue weighted by atomic mass is 35.5. The number of hydrogen-bond acceptors (Lipinski definition) is 7. The van der Waals surface area contributed by atoms with E-state index < -0.39 is 22.0 Å². The van der Waals surface area contributed by atoms with E-state index in [0.29, 0.717) is 23.0 Å². The van der Waals surface area contributed by atoms with Gasteiger partial charge in [0.15, 0.2) is 0 Å². The van der Waals surface area contributed by atoms with Crippen LogP contribution in [0.4, 0.5) is 0 Å². The average Bonchev–Trinajstić information content (AvgIpc) is 2.99. The molecule has 0 bridgehead atoms. The number of nitriles is 1. The quantitative estimate of drug-likeness (QED) is 0.650. The molecule has 0 saturated carbocycles. The first kappa shape index (κ1) is 23.3. The molecular formula is C20H19Cl2N3O5S. The van der Waals surface area contributed by atoms with Gasteiger partial charge < -0.3 is 14.8 Å². The van der Waals surface area contributed by atoms with E-state index in [0.717, 1.165) is 4.31 Å². The summed E-state index contributed by atoms with van der Waals surface area (Å²) in [5, 5.41) is 13.0. The highest BCUT2D eigenvalue weighted by molar-refractivity contribution is 7.89. The van der Waals surface area contributed by atoms with E-state index in [1.807, 2.05) is 6.07 Å². The van der Waals surface area contributed by atoms with E-state index in [-0.39, 0.29) is 35.0 Å². The number of methoxy groups -OCH3 is 1. The molecule has 1 aliphatic rings. The van der Waals surface area contributed by atoms with Crippen LogP contribution >= 0.6 is 23.2 Å². The Hall–Kier alpha value is -2.35. The van der Waals surface area contributed by atoms with Crippen molar-refractivity contribution in [3.05, 3.63) is 52.0 Å². The lowest BCUT2D eigenvalue weighted by atomic mass is 10.2. The van der Waals surface area contributed by atoms with Crippen molar-refractivity contribution < 1.29 is 22.7 Å². The number of ether oxygens (including phenoxy) is 2. The summed E-state index contributed by atoms with van der Waals surface area (Å²) in [5.41, 5.74) is 0.123. The summed E-state index contributed by atoms with van der Waals surface area (Å²) in [7, 11) is -3.04. The normalized spacial score (nSPS) is 17.4. The molecular weight excluding hydrogens is 465 g/mol. The van der Waals surface area contributed by atoms with E-state index >= 15 is 0 Å². The van der Waals surface area contributed by atoms with Gasteiger partial charge in [-0.1, -0.05) is 23.2 Å². The van der Waals surface area contributed by atoms with Crippen molar-refractivity contribution in [3.63, 3.8) is 0 Å². The molecule has 164 valence electrons. The summed E-state index contributed by atoms with van der Waals surface area (Å²) in [6, 6.07) is 9.36. The standard InChI is InChI=1S/C20H19Cl2N3O5S/c1-29-20(26)17-12-24-5-2-6-25(17)31(27,28)19-7-13(11-23)3-4-18(19)30-16-9-14(21)8-15(22)10-16/h3-4,7-10,17,24H,2,5-6,12H2,1H3. The van der Waals surface area contributed by atoms with Gasteiger partial charge in [0.05, 0.1) is 18.7 Å². The topological polar surface area (TPSA) is 109 Å². The Bertz CT molecular complexity index is 1110. The molecule has 1 unspecified atom stereocenters. The summed E-state index contributed by atoms with van der Waals surface area (Å²) in [4.78, 5) is 12.0. The van der Waals surface area contributed by atoms with Crippen LogP contribution in [0.15, 0.2) is 41.3 Å². The second kappa shape index (κ2) is 9.85. The average molecular weight is 484 g/mol. The molecule has 2 aromatic rings. The Morgan fingerprint density at radius 3 is 2.58 bits per heavy atom. The van der Waals surface area contributed by atoms with Crippen molar-refractivity contribution in [2.24, 2.45) is 0 Å². The highest BCUT2D eigenvalue weighted by Crippen LogP contribution is 2.35. The molecule has 0 radical (unpaired) electrons.